The number of halogens is 1. The number of nitrogens with two attached hydrogens (primary N) is 1. The molecule has 6 heteroatoms. The van der Waals surface area contributed by atoms with E-state index in [0.29, 0.717) is 10.6 Å². The summed E-state index contributed by atoms with van der Waals surface area (Å²) >= 11 is 6.17. The molecule has 2 aromatic rings. The van der Waals surface area contributed by atoms with Crippen molar-refractivity contribution in [3.05, 3.63) is 45.7 Å². The van der Waals surface area contributed by atoms with Crippen molar-refractivity contribution < 1.29 is 5.21 Å². The van der Waals surface area contributed by atoms with Gasteiger partial charge >= 0.3 is 0 Å². The predicted octanol–water partition coefficient (Wildman–Crippen LogP) is 2.55. The van der Waals surface area contributed by atoms with Crippen LogP contribution in [0.2, 0.25) is 5.02 Å². The Morgan fingerprint density at radius 1 is 1.37 bits per heavy atom. The van der Waals surface area contributed by atoms with Gasteiger partial charge in [0, 0.05) is 5.56 Å². The molecule has 0 saturated carbocycles. The maximum Gasteiger partial charge on any atom is 0.172 e. The van der Waals surface area contributed by atoms with Crippen LogP contribution in [0.4, 0.5) is 0 Å². The smallest absolute Gasteiger partial charge is 0.172 e. The minimum absolute atomic E-state index is 0.0439. The van der Waals surface area contributed by atoms with Crippen molar-refractivity contribution in [1.29, 1.82) is 0 Å². The number of hydrogen-bond acceptors (Lipinski definition) is 3. The molecule has 0 fully saturated rings. The maximum atomic E-state index is 8.89. The maximum absolute atomic E-state index is 8.89. The number of aryl methyl sites for hydroxylation is 2. The highest BCUT2D eigenvalue weighted by atomic mass is 35.5. The third kappa shape index (κ3) is 2.17. The second kappa shape index (κ2) is 4.93. The lowest BCUT2D eigenvalue weighted by atomic mass is 10.1. The van der Waals surface area contributed by atoms with E-state index in [1.165, 1.54) is 0 Å². The zero-order chi connectivity index (χ0) is 14.2. The Morgan fingerprint density at radius 2 is 2.05 bits per heavy atom. The summed E-state index contributed by atoms with van der Waals surface area (Å²) in [7, 11) is 0. The number of rotatable bonds is 2. The van der Waals surface area contributed by atoms with Crippen LogP contribution in [0.15, 0.2) is 23.4 Å². The third-order valence-electron chi connectivity index (χ3n) is 3.04. The molecule has 0 bridgehead atoms. The summed E-state index contributed by atoms with van der Waals surface area (Å²) < 4.78 is 1.72. The van der Waals surface area contributed by atoms with Crippen LogP contribution in [0.3, 0.4) is 0 Å². The normalized spacial score (nSPS) is 11.9. The highest BCUT2D eigenvalue weighted by Crippen LogP contribution is 2.26. The van der Waals surface area contributed by atoms with E-state index in [9.17, 15) is 0 Å². The Morgan fingerprint density at radius 3 is 2.58 bits per heavy atom. The number of hydrogen-bond donors (Lipinski definition) is 2. The van der Waals surface area contributed by atoms with Crippen molar-refractivity contribution in [3.63, 3.8) is 0 Å². The fourth-order valence-electron chi connectivity index (χ4n) is 2.04. The van der Waals surface area contributed by atoms with Gasteiger partial charge in [0.15, 0.2) is 5.84 Å². The van der Waals surface area contributed by atoms with E-state index in [0.717, 1.165) is 22.6 Å². The summed E-state index contributed by atoms with van der Waals surface area (Å²) in [4.78, 5) is 0. The van der Waals surface area contributed by atoms with Crippen molar-refractivity contribution in [3.8, 4) is 5.69 Å². The second-order valence-electron chi connectivity index (χ2n) is 4.35. The van der Waals surface area contributed by atoms with Gasteiger partial charge in [0.2, 0.25) is 0 Å². The molecule has 1 heterocycles. The van der Waals surface area contributed by atoms with Crippen molar-refractivity contribution >= 4 is 17.4 Å². The van der Waals surface area contributed by atoms with E-state index in [1.807, 2.05) is 32.9 Å². The van der Waals surface area contributed by atoms with Crippen LogP contribution in [0.5, 0.6) is 0 Å². The number of para-hydroxylation sites is 1. The van der Waals surface area contributed by atoms with Crippen LogP contribution in [0.1, 0.15) is 22.5 Å². The molecule has 0 saturated heterocycles. The number of amidine groups is 1. The molecule has 0 radical (unpaired) electrons. The largest absolute Gasteiger partial charge is 0.409 e. The Bertz CT molecular complexity index is 661. The monoisotopic (exact) mass is 278 g/mol. The van der Waals surface area contributed by atoms with Crippen LogP contribution in [0.25, 0.3) is 5.69 Å². The molecule has 100 valence electrons. The summed E-state index contributed by atoms with van der Waals surface area (Å²) in [5.41, 5.74) is 9.63. The molecule has 19 heavy (non-hydrogen) atoms. The summed E-state index contributed by atoms with van der Waals surface area (Å²) in [6.07, 6.45) is 0. The summed E-state index contributed by atoms with van der Waals surface area (Å²) in [5.74, 6) is 0.0439. The molecule has 2 rings (SSSR count). The summed E-state index contributed by atoms with van der Waals surface area (Å²) in [6, 6.07) is 5.56. The van der Waals surface area contributed by atoms with E-state index >= 15 is 0 Å². The van der Waals surface area contributed by atoms with Gasteiger partial charge < -0.3 is 10.9 Å². The first-order valence-corrected chi connectivity index (χ1v) is 6.14. The van der Waals surface area contributed by atoms with Gasteiger partial charge in [-0.2, -0.15) is 5.10 Å². The molecular formula is C13H15ClN4O. The van der Waals surface area contributed by atoms with Crippen molar-refractivity contribution in [2.24, 2.45) is 10.9 Å². The molecule has 0 aliphatic carbocycles. The van der Waals surface area contributed by atoms with E-state index in [1.54, 1.807) is 10.7 Å². The second-order valence-corrected chi connectivity index (χ2v) is 4.73. The first-order chi connectivity index (χ1) is 8.97. The van der Waals surface area contributed by atoms with E-state index < -0.39 is 0 Å². The lowest BCUT2D eigenvalue weighted by Crippen LogP contribution is -2.18. The molecule has 0 amide bonds. The van der Waals surface area contributed by atoms with Crippen molar-refractivity contribution in [2.75, 3.05) is 0 Å². The molecule has 0 unspecified atom stereocenters. The Hall–Kier alpha value is -2.01. The SMILES string of the molecule is Cc1cccc(/C(N)=N/O)c1-n1nc(C)c(Cl)c1C. The number of nitrogens with zero attached hydrogens (tertiary/aromatic N) is 3. The molecule has 3 N–H and O–H groups in total. The molecule has 0 aliphatic rings. The minimum Gasteiger partial charge on any atom is -0.409 e. The van der Waals surface area contributed by atoms with Crippen LogP contribution in [0, 0.1) is 20.8 Å². The molecule has 0 aliphatic heterocycles. The highest BCUT2D eigenvalue weighted by Gasteiger charge is 2.17. The summed E-state index contributed by atoms with van der Waals surface area (Å²) in [5, 5.41) is 17.0. The van der Waals surface area contributed by atoms with Gasteiger partial charge in [-0.15, -0.1) is 0 Å². The fraction of sp³-hybridized carbons (Fsp3) is 0.231. The van der Waals surface area contributed by atoms with Gasteiger partial charge in [-0.05, 0) is 32.4 Å². The number of benzene rings is 1. The van der Waals surface area contributed by atoms with Gasteiger partial charge in [0.1, 0.15) is 0 Å². The van der Waals surface area contributed by atoms with Gasteiger partial charge in [-0.3, -0.25) is 0 Å². The van der Waals surface area contributed by atoms with E-state index in [-0.39, 0.29) is 5.84 Å². The van der Waals surface area contributed by atoms with E-state index in [2.05, 4.69) is 10.3 Å². The first kappa shape index (κ1) is 13.4. The Balaban J connectivity index is 2.78. The Labute approximate surface area is 116 Å². The van der Waals surface area contributed by atoms with Gasteiger partial charge in [-0.1, -0.05) is 28.9 Å². The van der Waals surface area contributed by atoms with Crippen LogP contribution in [-0.4, -0.2) is 20.8 Å². The van der Waals surface area contributed by atoms with Gasteiger partial charge in [0.05, 0.1) is 22.1 Å². The Kier molecular flexibility index (Phi) is 3.48. The first-order valence-electron chi connectivity index (χ1n) is 5.77. The average molecular weight is 279 g/mol. The van der Waals surface area contributed by atoms with Crippen molar-refractivity contribution in [1.82, 2.24) is 9.78 Å². The van der Waals surface area contributed by atoms with Crippen LogP contribution in [-0.2, 0) is 0 Å². The van der Waals surface area contributed by atoms with Gasteiger partial charge in [-0.25, -0.2) is 4.68 Å². The number of oxime groups is 1. The highest BCUT2D eigenvalue weighted by molar-refractivity contribution is 6.31. The standard InChI is InChI=1S/C13H15ClN4O/c1-7-5-4-6-10(13(15)17-19)12(7)18-9(3)11(14)8(2)16-18/h4-6,19H,1-3H3,(H2,15,17). The zero-order valence-electron chi connectivity index (χ0n) is 11.0. The fourth-order valence-corrected chi connectivity index (χ4v) is 2.16. The van der Waals surface area contributed by atoms with Gasteiger partial charge in [0.25, 0.3) is 0 Å². The third-order valence-corrected chi connectivity index (χ3v) is 3.58. The molecule has 5 nitrogen and oxygen atoms in total. The zero-order valence-corrected chi connectivity index (χ0v) is 11.7. The predicted molar refractivity (Wildman–Crippen MR) is 75.3 cm³/mol. The quantitative estimate of drug-likeness (QED) is 0.384. The molecule has 0 atom stereocenters. The average Bonchev–Trinajstić information content (AvgIpc) is 2.65. The minimum atomic E-state index is 0.0439. The van der Waals surface area contributed by atoms with Crippen LogP contribution < -0.4 is 5.73 Å². The molecular weight excluding hydrogens is 264 g/mol. The lowest BCUT2D eigenvalue weighted by Gasteiger charge is -2.13. The van der Waals surface area contributed by atoms with Crippen LogP contribution >= 0.6 is 11.6 Å². The topological polar surface area (TPSA) is 76.4 Å². The number of aromatic nitrogens is 2. The molecule has 0 spiro atoms. The lowest BCUT2D eigenvalue weighted by molar-refractivity contribution is 0.318. The van der Waals surface area contributed by atoms with E-state index in [4.69, 9.17) is 22.5 Å². The molecule has 1 aromatic carbocycles. The molecule has 1 aromatic heterocycles. The summed E-state index contributed by atoms with van der Waals surface area (Å²) in [6.45, 7) is 5.66. The van der Waals surface area contributed by atoms with Crippen molar-refractivity contribution in [2.45, 2.75) is 20.8 Å².